The number of rotatable bonds is 6. The highest BCUT2D eigenvalue weighted by molar-refractivity contribution is 5.94. The summed E-state index contributed by atoms with van der Waals surface area (Å²) in [5.41, 5.74) is 2.40. The van der Waals surface area contributed by atoms with Crippen molar-refractivity contribution in [2.75, 3.05) is 53.5 Å². The summed E-state index contributed by atoms with van der Waals surface area (Å²) >= 11 is 0. The Hall–Kier alpha value is -2.36. The predicted molar refractivity (Wildman–Crippen MR) is 116 cm³/mol. The molecule has 1 saturated heterocycles. The number of benzene rings is 1. The van der Waals surface area contributed by atoms with Crippen molar-refractivity contribution in [3.05, 3.63) is 52.3 Å². The van der Waals surface area contributed by atoms with E-state index in [0.29, 0.717) is 51.4 Å². The van der Waals surface area contributed by atoms with E-state index >= 15 is 0 Å². The second-order valence-electron chi connectivity index (χ2n) is 8.60. The van der Waals surface area contributed by atoms with Gasteiger partial charge in [0, 0.05) is 69.6 Å². The van der Waals surface area contributed by atoms with E-state index in [1.165, 1.54) is 18.2 Å². The van der Waals surface area contributed by atoms with Crippen molar-refractivity contribution in [1.29, 1.82) is 0 Å². The van der Waals surface area contributed by atoms with Gasteiger partial charge in [0.05, 0.1) is 13.2 Å². The van der Waals surface area contributed by atoms with Gasteiger partial charge in [0.1, 0.15) is 11.6 Å². The first-order valence-corrected chi connectivity index (χ1v) is 11.2. The van der Waals surface area contributed by atoms with Gasteiger partial charge in [-0.05, 0) is 32.1 Å². The van der Waals surface area contributed by atoms with Crippen LogP contribution in [-0.4, -0.2) is 83.9 Å². The number of carbonyl (C=O) groups excluding carboxylic acids is 1. The summed E-state index contributed by atoms with van der Waals surface area (Å²) < 4.78 is 35.5. The van der Waals surface area contributed by atoms with Gasteiger partial charge < -0.3 is 14.5 Å². The average Bonchev–Trinajstić information content (AvgIpc) is 2.99. The molecule has 1 fully saturated rings. The molecule has 1 aromatic heterocycles. The maximum absolute atomic E-state index is 14.2. The fourth-order valence-corrected chi connectivity index (χ4v) is 4.52. The highest BCUT2D eigenvalue weighted by Crippen LogP contribution is 2.26. The first-order valence-electron chi connectivity index (χ1n) is 11.2. The average molecular weight is 448 g/mol. The SMILES string of the molecule is COCCn1nc(C(=O)N2CCCN(C)CC2)c2c1CCN(Cc1c(F)cccc1F)C2. The van der Waals surface area contributed by atoms with Crippen molar-refractivity contribution >= 4 is 5.91 Å². The minimum Gasteiger partial charge on any atom is -0.383 e. The number of hydrogen-bond acceptors (Lipinski definition) is 5. The molecule has 0 spiro atoms. The molecule has 32 heavy (non-hydrogen) atoms. The molecule has 2 aliphatic rings. The maximum atomic E-state index is 14.2. The topological polar surface area (TPSA) is 53.8 Å². The Kier molecular flexibility index (Phi) is 7.17. The largest absolute Gasteiger partial charge is 0.383 e. The lowest BCUT2D eigenvalue weighted by molar-refractivity contribution is 0.0753. The van der Waals surface area contributed by atoms with Crippen LogP contribution in [0.1, 0.15) is 33.7 Å². The van der Waals surface area contributed by atoms with E-state index in [2.05, 4.69) is 17.0 Å². The van der Waals surface area contributed by atoms with Crippen LogP contribution in [0.2, 0.25) is 0 Å². The molecule has 0 aliphatic carbocycles. The molecule has 1 aromatic carbocycles. The van der Waals surface area contributed by atoms with E-state index in [9.17, 15) is 13.6 Å². The molecule has 0 unspecified atom stereocenters. The van der Waals surface area contributed by atoms with Crippen LogP contribution in [0.5, 0.6) is 0 Å². The molecule has 0 saturated carbocycles. The molecule has 0 atom stereocenters. The molecule has 7 nitrogen and oxygen atoms in total. The number of likely N-dealkylation sites (N-methyl/N-ethyl adjacent to an activating group) is 1. The fraction of sp³-hybridized carbons (Fsp3) is 0.565. The Bertz CT molecular complexity index is 944. The number of nitrogens with zero attached hydrogens (tertiary/aromatic N) is 5. The molecule has 0 bridgehead atoms. The fourth-order valence-electron chi connectivity index (χ4n) is 4.52. The summed E-state index contributed by atoms with van der Waals surface area (Å²) in [4.78, 5) is 19.5. The van der Waals surface area contributed by atoms with Crippen LogP contribution < -0.4 is 0 Å². The van der Waals surface area contributed by atoms with Crippen LogP contribution in [-0.2, 0) is 30.8 Å². The van der Waals surface area contributed by atoms with Crippen LogP contribution in [0.25, 0.3) is 0 Å². The van der Waals surface area contributed by atoms with E-state index in [4.69, 9.17) is 4.74 Å². The van der Waals surface area contributed by atoms with Gasteiger partial charge in [-0.15, -0.1) is 0 Å². The zero-order chi connectivity index (χ0) is 22.7. The van der Waals surface area contributed by atoms with Crippen LogP contribution in [0.3, 0.4) is 0 Å². The van der Waals surface area contributed by atoms with Crippen molar-refractivity contribution in [3.8, 4) is 0 Å². The highest BCUT2D eigenvalue weighted by atomic mass is 19.1. The van der Waals surface area contributed by atoms with Gasteiger partial charge in [-0.2, -0.15) is 5.10 Å². The summed E-state index contributed by atoms with van der Waals surface area (Å²) in [5.74, 6) is -1.15. The summed E-state index contributed by atoms with van der Waals surface area (Å²) in [7, 11) is 3.70. The molecule has 9 heteroatoms. The highest BCUT2D eigenvalue weighted by Gasteiger charge is 2.31. The summed E-state index contributed by atoms with van der Waals surface area (Å²) in [6, 6.07) is 3.93. The van der Waals surface area contributed by atoms with Crippen LogP contribution >= 0.6 is 0 Å². The number of methoxy groups -OCH3 is 1. The standard InChI is InChI=1S/C23H31F2N5O2/c1-27-8-4-9-29(12-11-27)23(31)22-18-16-28(15-17-19(24)5-3-6-20(17)25)10-7-21(18)30(26-22)13-14-32-2/h3,5-6H,4,7-16H2,1-2H3. The lowest BCUT2D eigenvalue weighted by Crippen LogP contribution is -2.36. The van der Waals surface area contributed by atoms with Gasteiger partial charge in [-0.3, -0.25) is 14.4 Å². The number of carbonyl (C=O) groups is 1. The molecular weight excluding hydrogens is 416 g/mol. The first kappa shape index (κ1) is 22.8. The molecule has 1 amide bonds. The Balaban J connectivity index is 1.60. The van der Waals surface area contributed by atoms with Crippen molar-refractivity contribution in [3.63, 3.8) is 0 Å². The minimum atomic E-state index is -0.545. The predicted octanol–water partition coefficient (Wildman–Crippen LogP) is 2.14. The van der Waals surface area contributed by atoms with Gasteiger partial charge >= 0.3 is 0 Å². The summed E-state index contributed by atoms with van der Waals surface area (Å²) in [6.07, 6.45) is 1.59. The van der Waals surface area contributed by atoms with E-state index in [0.717, 1.165) is 30.8 Å². The second kappa shape index (κ2) is 10.1. The van der Waals surface area contributed by atoms with E-state index in [1.54, 1.807) is 7.11 Å². The first-order chi connectivity index (χ1) is 15.5. The molecule has 0 radical (unpaired) electrons. The van der Waals surface area contributed by atoms with Gasteiger partial charge in [0.25, 0.3) is 5.91 Å². The van der Waals surface area contributed by atoms with Crippen molar-refractivity contribution in [1.82, 2.24) is 24.5 Å². The molecule has 3 heterocycles. The smallest absolute Gasteiger partial charge is 0.274 e. The Morgan fingerprint density at radius 2 is 1.91 bits per heavy atom. The number of hydrogen-bond donors (Lipinski definition) is 0. The van der Waals surface area contributed by atoms with Crippen LogP contribution in [0.15, 0.2) is 18.2 Å². The monoisotopic (exact) mass is 447 g/mol. The normalized spacial score (nSPS) is 17.9. The maximum Gasteiger partial charge on any atom is 0.274 e. The Labute approximate surface area is 187 Å². The number of halogens is 2. The third-order valence-corrected chi connectivity index (χ3v) is 6.37. The molecule has 4 rings (SSSR count). The van der Waals surface area contributed by atoms with Crippen molar-refractivity contribution in [2.45, 2.75) is 32.5 Å². The zero-order valence-electron chi connectivity index (χ0n) is 18.8. The molecule has 2 aliphatic heterocycles. The summed E-state index contributed by atoms with van der Waals surface area (Å²) in [6.45, 7) is 5.46. The second-order valence-corrected chi connectivity index (χ2v) is 8.60. The van der Waals surface area contributed by atoms with E-state index in [-0.39, 0.29) is 18.0 Å². The minimum absolute atomic E-state index is 0.0613. The molecule has 174 valence electrons. The van der Waals surface area contributed by atoms with Gasteiger partial charge in [0.2, 0.25) is 0 Å². The quantitative estimate of drug-likeness (QED) is 0.679. The van der Waals surface area contributed by atoms with Crippen LogP contribution in [0.4, 0.5) is 8.78 Å². The third kappa shape index (κ3) is 4.84. The van der Waals surface area contributed by atoms with Crippen molar-refractivity contribution in [2.24, 2.45) is 0 Å². The lowest BCUT2D eigenvalue weighted by Gasteiger charge is -2.28. The molecule has 2 aromatic rings. The molecular formula is C23H31F2N5O2. The molecule has 0 N–H and O–H groups in total. The zero-order valence-corrected chi connectivity index (χ0v) is 18.8. The number of fused-ring (bicyclic) bond motifs is 1. The van der Waals surface area contributed by atoms with E-state index in [1.807, 2.05) is 14.5 Å². The van der Waals surface area contributed by atoms with E-state index < -0.39 is 11.6 Å². The number of ether oxygens (including phenoxy) is 1. The van der Waals surface area contributed by atoms with Crippen LogP contribution in [0, 0.1) is 11.6 Å². The van der Waals surface area contributed by atoms with Gasteiger partial charge in [-0.1, -0.05) is 6.07 Å². The van der Waals surface area contributed by atoms with Gasteiger partial charge in [-0.25, -0.2) is 8.78 Å². The summed E-state index contributed by atoms with van der Waals surface area (Å²) in [5, 5.41) is 4.69. The number of aromatic nitrogens is 2. The Morgan fingerprint density at radius 3 is 2.66 bits per heavy atom. The lowest BCUT2D eigenvalue weighted by atomic mass is 10.0. The number of amides is 1. The third-order valence-electron chi connectivity index (χ3n) is 6.37. The Morgan fingerprint density at radius 1 is 1.12 bits per heavy atom. The van der Waals surface area contributed by atoms with Crippen molar-refractivity contribution < 1.29 is 18.3 Å². The van der Waals surface area contributed by atoms with Gasteiger partial charge in [0.15, 0.2) is 5.69 Å².